The summed E-state index contributed by atoms with van der Waals surface area (Å²) >= 11 is 1.49. The number of likely N-dealkylation sites (tertiary alicyclic amines) is 1. The number of aromatic nitrogens is 1. The van der Waals surface area contributed by atoms with Gasteiger partial charge in [-0.15, -0.1) is 11.3 Å². The van der Waals surface area contributed by atoms with Crippen molar-refractivity contribution in [2.24, 2.45) is 5.92 Å². The first kappa shape index (κ1) is 18.2. The molecule has 2 amide bonds. The van der Waals surface area contributed by atoms with Crippen molar-refractivity contribution in [1.29, 1.82) is 0 Å². The second kappa shape index (κ2) is 7.59. The molecule has 0 radical (unpaired) electrons. The molecule has 130 valence electrons. The largest absolute Gasteiger partial charge is 0.324 e. The molecule has 1 aliphatic rings. The average molecular weight is 361 g/mol. The van der Waals surface area contributed by atoms with Crippen molar-refractivity contribution in [3.63, 3.8) is 0 Å². The number of hydrogen-bond acceptors (Lipinski definition) is 5. The monoisotopic (exact) mass is 360 g/mol. The molecule has 1 aromatic rings. The fourth-order valence-electron chi connectivity index (χ4n) is 2.67. The number of urea groups is 1. The number of hydrogen-bond donors (Lipinski definition) is 2. The zero-order valence-electron chi connectivity index (χ0n) is 13.8. The van der Waals surface area contributed by atoms with E-state index in [-0.39, 0.29) is 17.7 Å². The van der Waals surface area contributed by atoms with Gasteiger partial charge in [-0.3, -0.25) is 5.32 Å². The van der Waals surface area contributed by atoms with Crippen LogP contribution in [0.3, 0.4) is 0 Å². The highest BCUT2D eigenvalue weighted by atomic mass is 32.2. The molecule has 1 fully saturated rings. The Labute approximate surface area is 141 Å². The number of anilines is 1. The first-order valence-corrected chi connectivity index (χ1v) is 10.2. The highest BCUT2D eigenvalue weighted by Gasteiger charge is 2.27. The van der Waals surface area contributed by atoms with Gasteiger partial charge < -0.3 is 4.90 Å². The summed E-state index contributed by atoms with van der Waals surface area (Å²) in [5, 5.41) is 4.68. The number of amides is 2. The van der Waals surface area contributed by atoms with Gasteiger partial charge in [0.25, 0.3) is 0 Å². The molecule has 7 nitrogen and oxygen atoms in total. The molecule has 2 heterocycles. The van der Waals surface area contributed by atoms with Crippen molar-refractivity contribution in [2.75, 3.05) is 31.2 Å². The second-order valence-corrected chi connectivity index (χ2v) is 8.80. The number of carbonyl (C=O) groups is 1. The van der Waals surface area contributed by atoms with E-state index in [1.165, 1.54) is 18.4 Å². The third-order valence-corrected chi connectivity index (χ3v) is 6.69. The number of rotatable bonds is 5. The van der Waals surface area contributed by atoms with Gasteiger partial charge in [0.05, 0.1) is 16.5 Å². The minimum Gasteiger partial charge on any atom is -0.324 e. The zero-order valence-corrected chi connectivity index (χ0v) is 15.4. The maximum atomic E-state index is 12.4. The molecule has 23 heavy (non-hydrogen) atoms. The van der Waals surface area contributed by atoms with Crippen molar-refractivity contribution in [2.45, 2.75) is 33.1 Å². The summed E-state index contributed by atoms with van der Waals surface area (Å²) in [5.41, 5.74) is 0.825. The topological polar surface area (TPSA) is 91.4 Å². The number of sulfonamides is 1. The van der Waals surface area contributed by atoms with Crippen LogP contribution in [0.4, 0.5) is 9.80 Å². The first-order chi connectivity index (χ1) is 10.8. The summed E-state index contributed by atoms with van der Waals surface area (Å²) < 4.78 is 25.7. The summed E-state index contributed by atoms with van der Waals surface area (Å²) in [5.74, 6) is 0.0352. The SMILES string of the molecule is CCc1nc(C)c(NC(=O)N2CCCC(CS(=O)(=O)NC)C2)s1. The van der Waals surface area contributed by atoms with Gasteiger partial charge in [0, 0.05) is 13.1 Å². The summed E-state index contributed by atoms with van der Waals surface area (Å²) in [6.45, 7) is 5.02. The molecule has 0 spiro atoms. The van der Waals surface area contributed by atoms with Crippen molar-refractivity contribution in [1.82, 2.24) is 14.6 Å². The van der Waals surface area contributed by atoms with E-state index in [1.54, 1.807) is 4.90 Å². The smallest absolute Gasteiger partial charge is 0.322 e. The fourth-order valence-corrected chi connectivity index (χ4v) is 4.63. The quantitative estimate of drug-likeness (QED) is 0.838. The molecule has 0 bridgehead atoms. The lowest BCUT2D eigenvalue weighted by Gasteiger charge is -2.32. The molecular formula is C14H24N4O3S2. The van der Waals surface area contributed by atoms with Gasteiger partial charge in [-0.25, -0.2) is 22.9 Å². The number of nitrogens with one attached hydrogen (secondary N) is 2. The lowest BCUT2D eigenvalue weighted by Crippen LogP contribution is -2.44. The van der Waals surface area contributed by atoms with Gasteiger partial charge in [0.1, 0.15) is 5.00 Å². The lowest BCUT2D eigenvalue weighted by atomic mass is 10.0. The van der Waals surface area contributed by atoms with E-state index < -0.39 is 10.0 Å². The Bertz CT molecular complexity index is 657. The number of piperidine rings is 1. The molecule has 2 N–H and O–H groups in total. The Morgan fingerprint density at radius 1 is 1.48 bits per heavy atom. The molecule has 0 saturated carbocycles. The van der Waals surface area contributed by atoms with Crippen LogP contribution >= 0.6 is 11.3 Å². The van der Waals surface area contributed by atoms with Crippen molar-refractivity contribution < 1.29 is 13.2 Å². The minimum absolute atomic E-state index is 0.0271. The van der Waals surface area contributed by atoms with E-state index in [2.05, 4.69) is 15.0 Å². The lowest BCUT2D eigenvalue weighted by molar-refractivity contribution is 0.182. The average Bonchev–Trinajstić information content (AvgIpc) is 2.87. The van der Waals surface area contributed by atoms with E-state index in [9.17, 15) is 13.2 Å². The van der Waals surface area contributed by atoms with Gasteiger partial charge in [0.2, 0.25) is 10.0 Å². The normalized spacial score (nSPS) is 18.9. The van der Waals surface area contributed by atoms with Crippen molar-refractivity contribution in [3.8, 4) is 0 Å². The van der Waals surface area contributed by atoms with E-state index in [1.807, 2.05) is 13.8 Å². The van der Waals surface area contributed by atoms with Crippen LogP contribution in [0.1, 0.15) is 30.5 Å². The van der Waals surface area contributed by atoms with Gasteiger partial charge in [-0.1, -0.05) is 6.92 Å². The molecule has 0 aliphatic carbocycles. The van der Waals surface area contributed by atoms with Crippen LogP contribution in [0.5, 0.6) is 0 Å². The zero-order chi connectivity index (χ0) is 17.0. The molecule has 0 aromatic carbocycles. The summed E-state index contributed by atoms with van der Waals surface area (Å²) in [7, 11) is -1.83. The number of nitrogens with zero attached hydrogens (tertiary/aromatic N) is 2. The second-order valence-electron chi connectivity index (χ2n) is 5.75. The van der Waals surface area contributed by atoms with Crippen LogP contribution in [0.2, 0.25) is 0 Å². The molecule has 1 unspecified atom stereocenters. The van der Waals surface area contributed by atoms with E-state index in [0.29, 0.717) is 13.1 Å². The van der Waals surface area contributed by atoms with Crippen LogP contribution in [0.25, 0.3) is 0 Å². The first-order valence-electron chi connectivity index (χ1n) is 7.78. The highest BCUT2D eigenvalue weighted by Crippen LogP contribution is 2.25. The highest BCUT2D eigenvalue weighted by molar-refractivity contribution is 7.89. The van der Waals surface area contributed by atoms with E-state index >= 15 is 0 Å². The van der Waals surface area contributed by atoms with Crippen molar-refractivity contribution in [3.05, 3.63) is 10.7 Å². The number of carbonyl (C=O) groups excluding carboxylic acids is 1. The maximum absolute atomic E-state index is 12.4. The number of thiazole rings is 1. The van der Waals surface area contributed by atoms with Crippen LogP contribution in [-0.2, 0) is 16.4 Å². The van der Waals surface area contributed by atoms with Crippen LogP contribution in [-0.4, -0.2) is 50.2 Å². The summed E-state index contributed by atoms with van der Waals surface area (Å²) in [6, 6.07) is -0.175. The van der Waals surface area contributed by atoms with E-state index in [0.717, 1.165) is 35.0 Å². The summed E-state index contributed by atoms with van der Waals surface area (Å²) in [4.78, 5) is 18.5. The molecule has 1 aliphatic heterocycles. The molecule has 1 atom stereocenters. The van der Waals surface area contributed by atoms with E-state index in [4.69, 9.17) is 0 Å². The number of aryl methyl sites for hydroxylation is 2. The van der Waals surface area contributed by atoms with Crippen molar-refractivity contribution >= 4 is 32.4 Å². The Balaban J connectivity index is 1.97. The van der Waals surface area contributed by atoms with Gasteiger partial charge in [-0.2, -0.15) is 0 Å². The molecule has 9 heteroatoms. The third-order valence-electron chi connectivity index (χ3n) is 3.94. The molecule has 1 aromatic heterocycles. The van der Waals surface area contributed by atoms with Crippen LogP contribution in [0.15, 0.2) is 0 Å². The third kappa shape index (κ3) is 4.89. The van der Waals surface area contributed by atoms with Crippen LogP contribution in [0, 0.1) is 12.8 Å². The Morgan fingerprint density at radius 3 is 2.83 bits per heavy atom. The Morgan fingerprint density at radius 2 is 2.22 bits per heavy atom. The molecular weight excluding hydrogens is 336 g/mol. The predicted octanol–water partition coefficient (Wildman–Crippen LogP) is 1.81. The Kier molecular flexibility index (Phi) is 5.99. The maximum Gasteiger partial charge on any atom is 0.322 e. The van der Waals surface area contributed by atoms with Gasteiger partial charge >= 0.3 is 6.03 Å². The molecule has 2 rings (SSSR count). The molecule has 1 saturated heterocycles. The van der Waals surface area contributed by atoms with Gasteiger partial charge in [0.15, 0.2) is 0 Å². The standard InChI is InChI=1S/C14H24N4O3S2/c1-4-12-16-10(2)13(22-12)17-14(19)18-7-5-6-11(8-18)9-23(20,21)15-3/h11,15H,4-9H2,1-3H3,(H,17,19). The fraction of sp³-hybridized carbons (Fsp3) is 0.714. The van der Waals surface area contributed by atoms with Gasteiger partial charge in [-0.05, 0) is 39.2 Å². The van der Waals surface area contributed by atoms with Crippen LogP contribution < -0.4 is 10.0 Å². The summed E-state index contributed by atoms with van der Waals surface area (Å²) in [6.07, 6.45) is 2.48. The Hall–Kier alpha value is -1.19. The minimum atomic E-state index is -3.25. The predicted molar refractivity (Wildman–Crippen MR) is 92.4 cm³/mol.